The quantitative estimate of drug-likeness (QED) is 0.601. The lowest BCUT2D eigenvalue weighted by molar-refractivity contribution is -0.123. The molecule has 1 N–H and O–H groups in total. The third kappa shape index (κ3) is 4.71. The fraction of sp³-hybridized carbons (Fsp3) is 0.222. The first-order valence-corrected chi connectivity index (χ1v) is 8.18. The average molecular weight is 384 g/mol. The lowest BCUT2D eigenvalue weighted by Crippen LogP contribution is -2.30. The van der Waals surface area contributed by atoms with Crippen LogP contribution in [0.3, 0.4) is 0 Å². The molecule has 0 unspecified atom stereocenters. The Morgan fingerprint density at radius 1 is 1.12 bits per heavy atom. The zero-order valence-corrected chi connectivity index (χ0v) is 15.3. The van der Waals surface area contributed by atoms with Crippen molar-refractivity contribution in [1.82, 2.24) is 0 Å². The number of aryl methyl sites for hydroxylation is 2. The molecule has 0 radical (unpaired) electrons. The van der Waals surface area contributed by atoms with E-state index in [4.69, 9.17) is 27.9 Å². The SMILES string of the molecule is Cc1ccc(C)c(NC(=O)[C@H](C)OC(=O)c2cc(F)c(Cl)cc2Cl)c1. The maximum Gasteiger partial charge on any atom is 0.340 e. The number of benzene rings is 2. The molecule has 2 aromatic rings. The highest BCUT2D eigenvalue weighted by molar-refractivity contribution is 6.36. The molecule has 25 heavy (non-hydrogen) atoms. The highest BCUT2D eigenvalue weighted by atomic mass is 35.5. The normalized spacial score (nSPS) is 11.8. The molecule has 0 heterocycles. The number of amides is 1. The number of halogens is 3. The molecule has 132 valence electrons. The molecule has 0 fully saturated rings. The second-order valence-electron chi connectivity index (χ2n) is 5.60. The molecule has 0 bridgehead atoms. The summed E-state index contributed by atoms with van der Waals surface area (Å²) in [5.41, 5.74) is 2.28. The van der Waals surface area contributed by atoms with Gasteiger partial charge in [-0.3, -0.25) is 4.79 Å². The average Bonchev–Trinajstić information content (AvgIpc) is 2.54. The van der Waals surface area contributed by atoms with Crippen LogP contribution in [0.15, 0.2) is 30.3 Å². The summed E-state index contributed by atoms with van der Waals surface area (Å²) >= 11 is 11.5. The minimum atomic E-state index is -1.10. The number of rotatable bonds is 4. The standard InChI is InChI=1S/C18H16Cl2FNO3/c1-9-4-5-10(2)16(6-9)22-17(23)11(3)25-18(24)12-7-15(21)14(20)8-13(12)19/h4-8,11H,1-3H3,(H,22,23)/t11-/m0/s1. The van der Waals surface area contributed by atoms with Gasteiger partial charge in [-0.2, -0.15) is 0 Å². The third-order valence-electron chi connectivity index (χ3n) is 3.53. The van der Waals surface area contributed by atoms with Crippen molar-refractivity contribution in [2.75, 3.05) is 5.32 Å². The molecule has 0 aromatic heterocycles. The number of hydrogen-bond acceptors (Lipinski definition) is 3. The molecule has 2 rings (SSSR count). The number of esters is 1. The molecule has 0 saturated heterocycles. The summed E-state index contributed by atoms with van der Waals surface area (Å²) in [6.07, 6.45) is -1.10. The van der Waals surface area contributed by atoms with Crippen molar-refractivity contribution in [3.05, 3.63) is 62.9 Å². The highest BCUT2D eigenvalue weighted by Crippen LogP contribution is 2.25. The fourth-order valence-corrected chi connectivity index (χ4v) is 2.52. The first-order chi connectivity index (χ1) is 11.7. The Kier molecular flexibility index (Phi) is 6.03. The van der Waals surface area contributed by atoms with Gasteiger partial charge >= 0.3 is 5.97 Å². The van der Waals surface area contributed by atoms with Crippen LogP contribution in [0.2, 0.25) is 10.0 Å². The van der Waals surface area contributed by atoms with Gasteiger partial charge in [0.1, 0.15) is 5.82 Å². The predicted molar refractivity (Wildman–Crippen MR) is 95.8 cm³/mol. The van der Waals surface area contributed by atoms with Crippen molar-refractivity contribution in [2.45, 2.75) is 26.9 Å². The summed E-state index contributed by atoms with van der Waals surface area (Å²) in [4.78, 5) is 24.4. The van der Waals surface area contributed by atoms with Crippen LogP contribution in [-0.4, -0.2) is 18.0 Å². The van der Waals surface area contributed by atoms with Gasteiger partial charge in [0.15, 0.2) is 6.10 Å². The molecule has 4 nitrogen and oxygen atoms in total. The molecule has 1 amide bonds. The van der Waals surface area contributed by atoms with Gasteiger partial charge in [-0.15, -0.1) is 0 Å². The number of nitrogens with one attached hydrogen (secondary N) is 1. The molecule has 0 aliphatic carbocycles. The number of carbonyl (C=O) groups excluding carboxylic acids is 2. The maximum absolute atomic E-state index is 13.5. The van der Waals surface area contributed by atoms with Crippen molar-refractivity contribution < 1.29 is 18.7 Å². The largest absolute Gasteiger partial charge is 0.449 e. The van der Waals surface area contributed by atoms with Crippen LogP contribution in [0.4, 0.5) is 10.1 Å². The molecule has 1 atom stereocenters. The molecule has 2 aromatic carbocycles. The van der Waals surface area contributed by atoms with Gasteiger partial charge in [0.2, 0.25) is 0 Å². The van der Waals surface area contributed by atoms with Gasteiger partial charge in [-0.25, -0.2) is 9.18 Å². The van der Waals surface area contributed by atoms with E-state index in [0.717, 1.165) is 23.3 Å². The lowest BCUT2D eigenvalue weighted by Gasteiger charge is -2.15. The Morgan fingerprint density at radius 2 is 1.80 bits per heavy atom. The molecular formula is C18H16Cl2FNO3. The van der Waals surface area contributed by atoms with Crippen molar-refractivity contribution in [2.24, 2.45) is 0 Å². The van der Waals surface area contributed by atoms with Crippen LogP contribution in [0, 0.1) is 19.7 Å². The van der Waals surface area contributed by atoms with Gasteiger partial charge in [0.05, 0.1) is 15.6 Å². The smallest absolute Gasteiger partial charge is 0.340 e. The Balaban J connectivity index is 2.09. The van der Waals surface area contributed by atoms with Crippen molar-refractivity contribution >= 4 is 40.8 Å². The summed E-state index contributed by atoms with van der Waals surface area (Å²) in [6, 6.07) is 7.59. The van der Waals surface area contributed by atoms with Crippen LogP contribution in [0.1, 0.15) is 28.4 Å². The number of ether oxygens (including phenoxy) is 1. The predicted octanol–water partition coefficient (Wildman–Crippen LogP) is 4.93. The van der Waals surface area contributed by atoms with Crippen LogP contribution < -0.4 is 5.32 Å². The van der Waals surface area contributed by atoms with E-state index in [9.17, 15) is 14.0 Å². The first kappa shape index (κ1) is 19.2. The van der Waals surface area contributed by atoms with Crippen LogP contribution in [0.25, 0.3) is 0 Å². The van der Waals surface area contributed by atoms with Crippen molar-refractivity contribution in [1.29, 1.82) is 0 Å². The zero-order valence-electron chi connectivity index (χ0n) is 13.8. The van der Waals surface area contributed by atoms with E-state index >= 15 is 0 Å². The Morgan fingerprint density at radius 3 is 2.48 bits per heavy atom. The zero-order chi connectivity index (χ0) is 18.7. The van der Waals surface area contributed by atoms with Gasteiger partial charge < -0.3 is 10.1 Å². The van der Waals surface area contributed by atoms with E-state index < -0.39 is 23.8 Å². The van der Waals surface area contributed by atoms with E-state index in [-0.39, 0.29) is 15.6 Å². The molecule has 0 aliphatic heterocycles. The number of carbonyl (C=O) groups is 2. The Bertz CT molecular complexity index is 839. The molecular weight excluding hydrogens is 368 g/mol. The molecule has 0 aliphatic rings. The van der Waals surface area contributed by atoms with Gasteiger partial charge in [-0.1, -0.05) is 35.3 Å². The van der Waals surface area contributed by atoms with Gasteiger partial charge in [-0.05, 0) is 50.1 Å². The molecule has 0 spiro atoms. The van der Waals surface area contributed by atoms with E-state index in [2.05, 4.69) is 5.32 Å². The highest BCUT2D eigenvalue weighted by Gasteiger charge is 2.22. The summed E-state index contributed by atoms with van der Waals surface area (Å²) in [5.74, 6) is -2.22. The summed E-state index contributed by atoms with van der Waals surface area (Å²) in [5, 5.41) is 2.44. The number of hydrogen-bond donors (Lipinski definition) is 1. The lowest BCUT2D eigenvalue weighted by atomic mass is 10.1. The Hall–Kier alpha value is -2.11. The third-order valence-corrected chi connectivity index (χ3v) is 4.14. The van der Waals surface area contributed by atoms with E-state index in [1.54, 1.807) is 0 Å². The number of anilines is 1. The van der Waals surface area contributed by atoms with E-state index in [1.165, 1.54) is 6.92 Å². The molecule has 0 saturated carbocycles. The summed E-state index contributed by atoms with van der Waals surface area (Å²) < 4.78 is 18.6. The van der Waals surface area contributed by atoms with E-state index in [1.807, 2.05) is 32.0 Å². The summed E-state index contributed by atoms with van der Waals surface area (Å²) in [6.45, 7) is 5.16. The van der Waals surface area contributed by atoms with Crippen LogP contribution >= 0.6 is 23.2 Å². The topological polar surface area (TPSA) is 55.4 Å². The first-order valence-electron chi connectivity index (χ1n) is 7.42. The fourth-order valence-electron chi connectivity index (χ4n) is 2.06. The maximum atomic E-state index is 13.5. The summed E-state index contributed by atoms with van der Waals surface area (Å²) in [7, 11) is 0. The van der Waals surface area contributed by atoms with Crippen LogP contribution in [-0.2, 0) is 9.53 Å². The minimum absolute atomic E-state index is 0.0569. The second-order valence-corrected chi connectivity index (χ2v) is 6.42. The van der Waals surface area contributed by atoms with Crippen molar-refractivity contribution in [3.8, 4) is 0 Å². The molecule has 7 heteroatoms. The second kappa shape index (κ2) is 7.85. The van der Waals surface area contributed by atoms with Crippen LogP contribution in [0.5, 0.6) is 0 Å². The monoisotopic (exact) mass is 383 g/mol. The van der Waals surface area contributed by atoms with Gasteiger partial charge in [0.25, 0.3) is 5.91 Å². The minimum Gasteiger partial charge on any atom is -0.449 e. The van der Waals surface area contributed by atoms with Gasteiger partial charge in [0, 0.05) is 5.69 Å². The van der Waals surface area contributed by atoms with Crippen molar-refractivity contribution in [3.63, 3.8) is 0 Å². The Labute approximate surface area is 154 Å². The van der Waals surface area contributed by atoms with E-state index in [0.29, 0.717) is 5.69 Å².